The molecule has 8 heteroatoms. The third-order valence-electron chi connectivity index (χ3n) is 4.77. The number of aryl methyl sites for hydroxylation is 2. The van der Waals surface area contributed by atoms with Gasteiger partial charge in [0.25, 0.3) is 5.91 Å². The molecule has 1 saturated carbocycles. The molecule has 0 spiro atoms. The van der Waals surface area contributed by atoms with E-state index >= 15 is 0 Å². The lowest BCUT2D eigenvalue weighted by Crippen LogP contribution is -2.16. The molecule has 1 aliphatic rings. The number of hydrogen-bond donors (Lipinski definition) is 2. The number of halogens is 1. The summed E-state index contributed by atoms with van der Waals surface area (Å²) in [5, 5.41) is 10.9. The van der Waals surface area contributed by atoms with E-state index in [0.717, 1.165) is 34.1 Å². The number of anilines is 2. The maximum atomic E-state index is 13.2. The smallest absolute Gasteiger partial charge is 0.256 e. The summed E-state index contributed by atoms with van der Waals surface area (Å²) in [5.74, 6) is -0.0506. The first kappa shape index (κ1) is 18.6. The van der Waals surface area contributed by atoms with Crippen molar-refractivity contribution in [2.24, 2.45) is 7.05 Å². The van der Waals surface area contributed by atoms with Gasteiger partial charge in [-0.25, -0.2) is 4.98 Å². The van der Waals surface area contributed by atoms with Crippen LogP contribution in [0.25, 0.3) is 11.0 Å². The zero-order valence-electron chi connectivity index (χ0n) is 15.8. The third-order valence-corrected chi connectivity index (χ3v) is 5.26. The molecule has 2 amide bonds. The molecule has 1 aromatic carbocycles. The number of fused-ring (bicyclic) bond motifs is 1. The summed E-state index contributed by atoms with van der Waals surface area (Å²) in [5.41, 5.74) is 4.01. The summed E-state index contributed by atoms with van der Waals surface area (Å²) >= 11 is 3.42. The Balaban J connectivity index is 1.78. The van der Waals surface area contributed by atoms with Crippen LogP contribution in [0.4, 0.5) is 11.4 Å². The Labute approximate surface area is 170 Å². The molecule has 0 unspecified atom stereocenters. The minimum absolute atomic E-state index is 0.205. The molecule has 0 radical (unpaired) electrons. The predicted molar refractivity (Wildman–Crippen MR) is 112 cm³/mol. The van der Waals surface area contributed by atoms with E-state index in [1.54, 1.807) is 16.8 Å². The molecule has 7 nitrogen and oxygen atoms in total. The fraction of sp³-hybridized carbons (Fsp3) is 0.300. The van der Waals surface area contributed by atoms with Crippen molar-refractivity contribution in [3.05, 3.63) is 45.7 Å². The summed E-state index contributed by atoms with van der Waals surface area (Å²) in [6.45, 7) is 3.31. The van der Waals surface area contributed by atoms with Crippen LogP contribution in [-0.4, -0.2) is 26.6 Å². The molecule has 1 fully saturated rings. The van der Waals surface area contributed by atoms with Crippen molar-refractivity contribution < 1.29 is 9.59 Å². The molecule has 28 heavy (non-hydrogen) atoms. The second-order valence-electron chi connectivity index (χ2n) is 7.10. The van der Waals surface area contributed by atoms with Crippen LogP contribution in [0.15, 0.2) is 28.7 Å². The molecule has 1 aliphatic carbocycles. The number of nitrogens with zero attached hydrogens (tertiary/aromatic N) is 3. The monoisotopic (exact) mass is 441 g/mol. The molecule has 0 saturated heterocycles. The van der Waals surface area contributed by atoms with Crippen molar-refractivity contribution in [1.82, 2.24) is 14.8 Å². The molecule has 0 bridgehead atoms. The van der Waals surface area contributed by atoms with Crippen molar-refractivity contribution in [2.45, 2.75) is 32.6 Å². The first-order chi connectivity index (χ1) is 13.3. The lowest BCUT2D eigenvalue weighted by molar-refractivity contribution is -0.114. The summed E-state index contributed by atoms with van der Waals surface area (Å²) in [6, 6.07) is 7.19. The van der Waals surface area contributed by atoms with Crippen molar-refractivity contribution in [2.75, 3.05) is 10.6 Å². The molecule has 0 aliphatic heterocycles. The molecule has 144 valence electrons. The maximum absolute atomic E-state index is 13.2. The number of benzene rings is 1. The summed E-state index contributed by atoms with van der Waals surface area (Å²) < 4.78 is 2.52. The molecule has 3 aromatic rings. The number of carbonyl (C=O) groups excluding carboxylic acids is 2. The predicted octanol–water partition coefficient (Wildman–Crippen LogP) is 4.13. The average Bonchev–Trinajstić information content (AvgIpc) is 3.43. The van der Waals surface area contributed by atoms with Crippen LogP contribution in [0.2, 0.25) is 0 Å². The Kier molecular flexibility index (Phi) is 4.66. The minimum atomic E-state index is -0.255. The van der Waals surface area contributed by atoms with Crippen LogP contribution in [0.1, 0.15) is 47.4 Å². The highest BCUT2D eigenvalue weighted by Crippen LogP contribution is 2.40. The van der Waals surface area contributed by atoms with Crippen LogP contribution < -0.4 is 10.6 Å². The van der Waals surface area contributed by atoms with Gasteiger partial charge in [-0.05, 0) is 44.0 Å². The SMILES string of the molecule is CC(=O)Nc1ccc(Br)cc1NC(=O)c1cc(C2CC2)nc2c1c(C)nn2C. The fourth-order valence-corrected chi connectivity index (χ4v) is 3.70. The Morgan fingerprint density at radius 1 is 1.18 bits per heavy atom. The second-order valence-corrected chi connectivity index (χ2v) is 8.02. The Bertz CT molecular complexity index is 1120. The van der Waals surface area contributed by atoms with Crippen molar-refractivity contribution in [1.29, 1.82) is 0 Å². The number of hydrogen-bond acceptors (Lipinski definition) is 4. The van der Waals surface area contributed by atoms with Crippen molar-refractivity contribution >= 4 is 50.2 Å². The zero-order chi connectivity index (χ0) is 20.0. The highest BCUT2D eigenvalue weighted by Gasteiger charge is 2.28. The molecule has 2 aromatic heterocycles. The van der Waals surface area contributed by atoms with E-state index in [1.807, 2.05) is 26.1 Å². The van der Waals surface area contributed by atoms with Crippen LogP contribution in [0.5, 0.6) is 0 Å². The fourth-order valence-electron chi connectivity index (χ4n) is 3.34. The summed E-state index contributed by atoms with van der Waals surface area (Å²) in [4.78, 5) is 29.5. The van der Waals surface area contributed by atoms with Gasteiger partial charge in [-0.15, -0.1) is 0 Å². The normalized spacial score (nSPS) is 13.6. The van der Waals surface area contributed by atoms with Gasteiger partial charge in [0.1, 0.15) is 0 Å². The highest BCUT2D eigenvalue weighted by atomic mass is 79.9. The molecular weight excluding hydrogens is 422 g/mol. The molecular formula is C20H20BrN5O2. The number of amides is 2. The average molecular weight is 442 g/mol. The number of rotatable bonds is 4. The van der Waals surface area contributed by atoms with E-state index in [4.69, 9.17) is 4.98 Å². The lowest BCUT2D eigenvalue weighted by atomic mass is 10.1. The quantitative estimate of drug-likeness (QED) is 0.636. The van der Waals surface area contributed by atoms with Gasteiger partial charge in [-0.2, -0.15) is 5.10 Å². The molecule has 4 rings (SSSR count). The number of aromatic nitrogens is 3. The van der Waals surface area contributed by atoms with Gasteiger partial charge in [-0.1, -0.05) is 15.9 Å². The number of carbonyl (C=O) groups is 2. The third kappa shape index (κ3) is 3.52. The van der Waals surface area contributed by atoms with Crippen LogP contribution in [-0.2, 0) is 11.8 Å². The van der Waals surface area contributed by atoms with E-state index in [0.29, 0.717) is 28.5 Å². The van der Waals surface area contributed by atoms with Crippen LogP contribution in [0, 0.1) is 6.92 Å². The Morgan fingerprint density at radius 2 is 1.93 bits per heavy atom. The van der Waals surface area contributed by atoms with Gasteiger partial charge in [0.2, 0.25) is 5.91 Å². The summed E-state index contributed by atoms with van der Waals surface area (Å²) in [7, 11) is 1.84. The topological polar surface area (TPSA) is 88.9 Å². The molecule has 0 atom stereocenters. The van der Waals surface area contributed by atoms with E-state index in [2.05, 4.69) is 31.7 Å². The largest absolute Gasteiger partial charge is 0.325 e. The van der Waals surface area contributed by atoms with Gasteiger partial charge in [0, 0.05) is 30.1 Å². The van der Waals surface area contributed by atoms with Gasteiger partial charge in [-0.3, -0.25) is 14.3 Å². The highest BCUT2D eigenvalue weighted by molar-refractivity contribution is 9.10. The zero-order valence-corrected chi connectivity index (χ0v) is 17.4. The first-order valence-corrected chi connectivity index (χ1v) is 9.85. The first-order valence-electron chi connectivity index (χ1n) is 9.06. The van der Waals surface area contributed by atoms with Crippen molar-refractivity contribution in [3.63, 3.8) is 0 Å². The van der Waals surface area contributed by atoms with Gasteiger partial charge in [0.15, 0.2) is 5.65 Å². The van der Waals surface area contributed by atoms with Crippen LogP contribution in [0.3, 0.4) is 0 Å². The standard InChI is InChI=1S/C20H20BrN5O2/c1-10-18-14(9-16(12-4-5-12)23-19(18)26(3)25-10)20(28)24-17-8-13(21)6-7-15(17)22-11(2)27/h6-9,12H,4-5H2,1-3H3,(H,22,27)(H,24,28). The minimum Gasteiger partial charge on any atom is -0.325 e. The van der Waals surface area contributed by atoms with Crippen LogP contribution >= 0.6 is 15.9 Å². The second kappa shape index (κ2) is 7.01. The Hall–Kier alpha value is -2.74. The Morgan fingerprint density at radius 3 is 2.61 bits per heavy atom. The van der Waals surface area contributed by atoms with Gasteiger partial charge in [0.05, 0.1) is 28.0 Å². The molecule has 2 heterocycles. The van der Waals surface area contributed by atoms with Gasteiger partial charge >= 0.3 is 0 Å². The summed E-state index contributed by atoms with van der Waals surface area (Å²) in [6.07, 6.45) is 2.18. The van der Waals surface area contributed by atoms with E-state index < -0.39 is 0 Å². The lowest BCUT2D eigenvalue weighted by Gasteiger charge is -2.13. The number of pyridine rings is 1. The molecule has 2 N–H and O–H groups in total. The van der Waals surface area contributed by atoms with Crippen molar-refractivity contribution in [3.8, 4) is 0 Å². The maximum Gasteiger partial charge on any atom is 0.256 e. The van der Waals surface area contributed by atoms with Gasteiger partial charge < -0.3 is 10.6 Å². The van der Waals surface area contributed by atoms with E-state index in [9.17, 15) is 9.59 Å². The van der Waals surface area contributed by atoms with E-state index in [-0.39, 0.29) is 11.8 Å². The van der Waals surface area contributed by atoms with E-state index in [1.165, 1.54) is 6.92 Å². The number of nitrogens with one attached hydrogen (secondary N) is 2.